The Hall–Kier alpha value is -2.40. The first-order chi connectivity index (χ1) is 11.7. The highest BCUT2D eigenvalue weighted by Gasteiger charge is 2.18. The van der Waals surface area contributed by atoms with Gasteiger partial charge in [0, 0.05) is 21.8 Å². The van der Waals surface area contributed by atoms with E-state index < -0.39 is 6.43 Å². The van der Waals surface area contributed by atoms with Crippen molar-refractivity contribution in [2.45, 2.75) is 6.43 Å². The van der Waals surface area contributed by atoms with Crippen LogP contribution in [-0.4, -0.2) is 10.7 Å². The molecule has 0 fully saturated rings. The fourth-order valence-electron chi connectivity index (χ4n) is 2.35. The van der Waals surface area contributed by atoms with E-state index in [1.807, 2.05) is 60.7 Å². The molecule has 3 aromatic rings. The predicted molar refractivity (Wildman–Crippen MR) is 95.1 cm³/mol. The maximum absolute atomic E-state index is 13.4. The minimum atomic E-state index is -2.64. The van der Waals surface area contributed by atoms with Crippen molar-refractivity contribution >= 4 is 27.3 Å². The molecule has 0 radical (unpaired) electrons. The van der Waals surface area contributed by atoms with E-state index in [-0.39, 0.29) is 15.7 Å². The van der Waals surface area contributed by atoms with Gasteiger partial charge < -0.3 is 0 Å². The van der Waals surface area contributed by atoms with Gasteiger partial charge in [0.1, 0.15) is 0 Å². The lowest BCUT2D eigenvalue weighted by atomic mass is 10.0. The van der Waals surface area contributed by atoms with Gasteiger partial charge in [-0.15, -0.1) is 0 Å². The highest BCUT2D eigenvalue weighted by molar-refractivity contribution is 9.10. The van der Waals surface area contributed by atoms with E-state index in [0.29, 0.717) is 5.71 Å². The molecule has 2 aromatic carbocycles. The molecule has 0 aliphatic heterocycles. The van der Waals surface area contributed by atoms with Crippen LogP contribution in [0.1, 0.15) is 23.1 Å². The molecule has 0 bridgehead atoms. The molecule has 0 N–H and O–H groups in total. The zero-order valence-corrected chi connectivity index (χ0v) is 14.1. The number of nitrogens with zero attached hydrogens (tertiary/aromatic N) is 2. The van der Waals surface area contributed by atoms with E-state index >= 15 is 0 Å². The molecule has 0 spiro atoms. The van der Waals surface area contributed by atoms with Crippen LogP contribution in [0.15, 0.2) is 82.5 Å². The monoisotopic (exact) mass is 386 g/mol. The molecule has 0 aliphatic rings. The topological polar surface area (TPSA) is 25.2 Å². The number of benzene rings is 2. The summed E-state index contributed by atoms with van der Waals surface area (Å²) in [5, 5.41) is 0. The smallest absolute Gasteiger partial charge is 0.261 e. The average Bonchev–Trinajstić information content (AvgIpc) is 2.61. The summed E-state index contributed by atoms with van der Waals surface area (Å²) < 4.78 is 27.1. The fraction of sp³-hybridized carbons (Fsp3) is 0.0526. The number of pyridine rings is 1. The Morgan fingerprint density at radius 1 is 0.875 bits per heavy atom. The Kier molecular flexibility index (Phi) is 5.11. The summed E-state index contributed by atoms with van der Waals surface area (Å²) in [5.74, 6) is 0. The molecule has 0 saturated heterocycles. The Morgan fingerprint density at radius 3 is 1.92 bits per heavy atom. The lowest BCUT2D eigenvalue weighted by Crippen LogP contribution is -2.03. The normalized spacial score (nSPS) is 10.7. The molecule has 0 amide bonds. The van der Waals surface area contributed by atoms with E-state index in [4.69, 9.17) is 0 Å². The number of hydrogen-bond donors (Lipinski definition) is 0. The van der Waals surface area contributed by atoms with Gasteiger partial charge >= 0.3 is 0 Å². The lowest BCUT2D eigenvalue weighted by molar-refractivity contribution is 0.151. The molecule has 5 heteroatoms. The van der Waals surface area contributed by atoms with Crippen LogP contribution in [0, 0.1) is 0 Å². The van der Waals surface area contributed by atoms with Crippen molar-refractivity contribution in [1.82, 2.24) is 4.98 Å². The van der Waals surface area contributed by atoms with Crippen LogP contribution in [-0.2, 0) is 0 Å². The summed E-state index contributed by atoms with van der Waals surface area (Å²) in [7, 11) is 0. The predicted octanol–water partition coefficient (Wildman–Crippen LogP) is 5.95. The number of aromatic nitrogens is 1. The fourth-order valence-corrected chi connectivity index (χ4v) is 2.84. The molecule has 1 heterocycles. The van der Waals surface area contributed by atoms with Gasteiger partial charge in [-0.3, -0.25) is 4.98 Å². The highest BCUT2D eigenvalue weighted by Crippen LogP contribution is 2.35. The van der Waals surface area contributed by atoms with Crippen LogP contribution in [0.4, 0.5) is 14.5 Å². The third-order valence-electron chi connectivity index (χ3n) is 3.46. The molecule has 3 rings (SSSR count). The SMILES string of the molecule is FC(F)c1c(Br)cncc1N=C(c1ccccc1)c1ccccc1. The zero-order chi connectivity index (χ0) is 16.9. The molecule has 2 nitrogen and oxygen atoms in total. The van der Waals surface area contributed by atoms with Crippen LogP contribution in [0.3, 0.4) is 0 Å². The number of alkyl halides is 2. The van der Waals surface area contributed by atoms with Crippen LogP contribution in [0.2, 0.25) is 0 Å². The molecule has 0 aliphatic carbocycles. The Labute approximate surface area is 147 Å². The second kappa shape index (κ2) is 7.45. The quantitative estimate of drug-likeness (QED) is 0.508. The van der Waals surface area contributed by atoms with Crippen LogP contribution in [0.25, 0.3) is 0 Å². The third-order valence-corrected chi connectivity index (χ3v) is 4.09. The van der Waals surface area contributed by atoms with Gasteiger partial charge in [0.05, 0.1) is 23.2 Å². The van der Waals surface area contributed by atoms with Crippen molar-refractivity contribution in [3.8, 4) is 0 Å². The molecular weight excluding hydrogens is 374 g/mol. The standard InChI is InChI=1S/C19H13BrF2N2/c20-15-11-23-12-16(17(15)19(21)22)24-18(13-7-3-1-4-8-13)14-9-5-2-6-10-14/h1-12,19H. The first-order valence-corrected chi connectivity index (χ1v) is 8.07. The van der Waals surface area contributed by atoms with Crippen molar-refractivity contribution in [2.75, 3.05) is 0 Å². The molecule has 1 aromatic heterocycles. The second-order valence-electron chi connectivity index (χ2n) is 5.05. The molecular formula is C19H13BrF2N2. The lowest BCUT2D eigenvalue weighted by Gasteiger charge is -2.11. The molecule has 120 valence electrons. The summed E-state index contributed by atoms with van der Waals surface area (Å²) in [6.07, 6.45) is 0.0671. The number of aliphatic imine (C=N–C) groups is 1. The van der Waals surface area contributed by atoms with Gasteiger partial charge in [-0.05, 0) is 15.9 Å². The van der Waals surface area contributed by atoms with E-state index in [9.17, 15) is 8.78 Å². The van der Waals surface area contributed by atoms with Crippen LogP contribution >= 0.6 is 15.9 Å². The van der Waals surface area contributed by atoms with Crippen molar-refractivity contribution in [3.05, 3.63) is 94.2 Å². The maximum Gasteiger partial charge on any atom is 0.267 e. The second-order valence-corrected chi connectivity index (χ2v) is 5.90. The summed E-state index contributed by atoms with van der Waals surface area (Å²) in [6, 6.07) is 19.0. The van der Waals surface area contributed by atoms with Crippen LogP contribution in [0.5, 0.6) is 0 Å². The number of hydrogen-bond acceptors (Lipinski definition) is 2. The van der Waals surface area contributed by atoms with Crippen molar-refractivity contribution in [3.63, 3.8) is 0 Å². The molecule has 0 saturated carbocycles. The maximum atomic E-state index is 13.4. The first kappa shape index (κ1) is 16.5. The van der Waals surface area contributed by atoms with E-state index in [1.165, 1.54) is 12.4 Å². The number of halogens is 3. The van der Waals surface area contributed by atoms with Gasteiger partial charge in [-0.1, -0.05) is 60.7 Å². The molecule has 0 atom stereocenters. The summed E-state index contributed by atoms with van der Waals surface area (Å²) in [5.41, 5.74) is 2.32. The van der Waals surface area contributed by atoms with Gasteiger partial charge in [0.2, 0.25) is 0 Å². The van der Waals surface area contributed by atoms with Gasteiger partial charge in [0.25, 0.3) is 6.43 Å². The highest BCUT2D eigenvalue weighted by atomic mass is 79.9. The van der Waals surface area contributed by atoms with E-state index in [0.717, 1.165) is 11.1 Å². The van der Waals surface area contributed by atoms with Crippen molar-refractivity contribution < 1.29 is 8.78 Å². The van der Waals surface area contributed by atoms with Gasteiger partial charge in [-0.25, -0.2) is 13.8 Å². The minimum Gasteiger partial charge on any atom is -0.261 e. The summed E-state index contributed by atoms with van der Waals surface area (Å²) in [6.45, 7) is 0. The van der Waals surface area contributed by atoms with Gasteiger partial charge in [-0.2, -0.15) is 0 Å². The van der Waals surface area contributed by atoms with Crippen molar-refractivity contribution in [1.29, 1.82) is 0 Å². The molecule has 24 heavy (non-hydrogen) atoms. The summed E-state index contributed by atoms with van der Waals surface area (Å²) >= 11 is 3.14. The number of rotatable bonds is 4. The van der Waals surface area contributed by atoms with E-state index in [2.05, 4.69) is 25.9 Å². The third kappa shape index (κ3) is 3.57. The largest absolute Gasteiger partial charge is 0.267 e. The van der Waals surface area contributed by atoms with Crippen molar-refractivity contribution in [2.24, 2.45) is 4.99 Å². The zero-order valence-electron chi connectivity index (χ0n) is 12.5. The molecule has 0 unspecified atom stereocenters. The van der Waals surface area contributed by atoms with Gasteiger partial charge in [0.15, 0.2) is 0 Å². The summed E-state index contributed by atoms with van der Waals surface area (Å²) in [4.78, 5) is 8.51. The minimum absolute atomic E-state index is 0.155. The average molecular weight is 387 g/mol. The Morgan fingerprint density at radius 2 is 1.42 bits per heavy atom. The first-order valence-electron chi connectivity index (χ1n) is 7.28. The Bertz CT molecular complexity index is 808. The van der Waals surface area contributed by atoms with E-state index in [1.54, 1.807) is 0 Å². The Balaban J connectivity index is 2.21. The van der Waals surface area contributed by atoms with Crippen LogP contribution < -0.4 is 0 Å².